The van der Waals surface area contributed by atoms with E-state index in [1.807, 2.05) is 42.5 Å². The molecule has 0 aliphatic carbocycles. The first-order chi connectivity index (χ1) is 10.6. The molecule has 22 heavy (non-hydrogen) atoms. The third-order valence-electron chi connectivity index (χ3n) is 3.39. The predicted molar refractivity (Wildman–Crippen MR) is 85.8 cm³/mol. The van der Waals surface area contributed by atoms with Crippen molar-refractivity contribution in [2.45, 2.75) is 13.5 Å². The molecule has 110 valence electrons. The predicted octanol–water partition coefficient (Wildman–Crippen LogP) is 2.34. The van der Waals surface area contributed by atoms with Crippen LogP contribution in [0.15, 0.2) is 59.7 Å². The number of fused-ring (bicyclic) bond motifs is 1. The van der Waals surface area contributed by atoms with E-state index in [2.05, 4.69) is 10.3 Å². The van der Waals surface area contributed by atoms with Crippen LogP contribution in [0.5, 0.6) is 0 Å². The molecule has 1 N–H and O–H groups in total. The number of hydrogen-bond donors (Lipinski definition) is 1. The fourth-order valence-corrected chi connectivity index (χ4v) is 2.31. The number of nitrogens with one attached hydrogen (secondary N) is 1. The van der Waals surface area contributed by atoms with Gasteiger partial charge >= 0.3 is 0 Å². The summed E-state index contributed by atoms with van der Waals surface area (Å²) >= 11 is 0. The van der Waals surface area contributed by atoms with Crippen LogP contribution in [0.4, 0.5) is 5.69 Å². The lowest BCUT2D eigenvalue weighted by Gasteiger charge is -2.09. The molecule has 1 heterocycles. The molecule has 0 unspecified atom stereocenters. The molecule has 3 aromatic rings. The second-order valence-electron chi connectivity index (χ2n) is 5.07. The van der Waals surface area contributed by atoms with Gasteiger partial charge in [-0.1, -0.05) is 36.4 Å². The van der Waals surface area contributed by atoms with Crippen molar-refractivity contribution in [2.75, 3.05) is 5.32 Å². The van der Waals surface area contributed by atoms with Gasteiger partial charge in [-0.15, -0.1) is 0 Å². The van der Waals surface area contributed by atoms with E-state index in [1.165, 1.54) is 17.0 Å². The number of carbonyl (C=O) groups is 1. The van der Waals surface area contributed by atoms with Crippen LogP contribution in [-0.4, -0.2) is 15.5 Å². The number of rotatable bonds is 3. The molecular formula is C17H15N3O2. The number of aromatic nitrogens is 2. The minimum absolute atomic E-state index is 0.0602. The number of carbonyl (C=O) groups excluding carboxylic acids is 1. The summed E-state index contributed by atoms with van der Waals surface area (Å²) < 4.78 is 1.29. The summed E-state index contributed by atoms with van der Waals surface area (Å²) in [6.07, 6.45) is 1.39. The molecule has 1 amide bonds. The average molecular weight is 293 g/mol. The summed E-state index contributed by atoms with van der Waals surface area (Å²) in [5.74, 6) is -0.260. The molecule has 0 atom stereocenters. The molecule has 0 saturated heterocycles. The summed E-state index contributed by atoms with van der Waals surface area (Å²) in [6, 6.07) is 14.9. The van der Waals surface area contributed by atoms with E-state index >= 15 is 0 Å². The summed E-state index contributed by atoms with van der Waals surface area (Å²) in [5.41, 5.74) is 1.13. The van der Waals surface area contributed by atoms with Crippen LogP contribution in [-0.2, 0) is 11.3 Å². The van der Waals surface area contributed by atoms with Gasteiger partial charge in [-0.2, -0.15) is 0 Å². The minimum atomic E-state index is -0.260. The Kier molecular flexibility index (Phi) is 3.70. The van der Waals surface area contributed by atoms with E-state index in [0.717, 1.165) is 16.5 Å². The lowest BCUT2D eigenvalue weighted by Crippen LogP contribution is -2.27. The van der Waals surface area contributed by atoms with Gasteiger partial charge in [0.05, 0.1) is 6.33 Å². The average Bonchev–Trinajstić information content (AvgIpc) is 2.50. The van der Waals surface area contributed by atoms with Crippen LogP contribution in [0.3, 0.4) is 0 Å². The Morgan fingerprint density at radius 3 is 2.77 bits per heavy atom. The van der Waals surface area contributed by atoms with Gasteiger partial charge in [0, 0.05) is 22.8 Å². The highest BCUT2D eigenvalue weighted by Gasteiger charge is 2.07. The first-order valence-corrected chi connectivity index (χ1v) is 6.94. The largest absolute Gasteiger partial charge is 0.324 e. The monoisotopic (exact) mass is 293 g/mol. The van der Waals surface area contributed by atoms with Crippen molar-refractivity contribution in [3.8, 4) is 0 Å². The van der Waals surface area contributed by atoms with Crippen molar-refractivity contribution in [2.24, 2.45) is 0 Å². The fraction of sp³-hybridized carbons (Fsp3) is 0.118. The second-order valence-corrected chi connectivity index (χ2v) is 5.07. The zero-order valence-electron chi connectivity index (χ0n) is 12.1. The summed E-state index contributed by atoms with van der Waals surface area (Å²) in [4.78, 5) is 28.0. The summed E-state index contributed by atoms with van der Waals surface area (Å²) in [5, 5.41) is 4.86. The van der Waals surface area contributed by atoms with Crippen molar-refractivity contribution < 1.29 is 4.79 Å². The molecule has 0 radical (unpaired) electrons. The van der Waals surface area contributed by atoms with Gasteiger partial charge in [-0.25, -0.2) is 4.98 Å². The molecule has 5 nitrogen and oxygen atoms in total. The van der Waals surface area contributed by atoms with E-state index in [1.54, 1.807) is 6.92 Å². The smallest absolute Gasteiger partial charge is 0.253 e. The van der Waals surface area contributed by atoms with E-state index < -0.39 is 0 Å². The van der Waals surface area contributed by atoms with Gasteiger partial charge in [-0.3, -0.25) is 14.2 Å². The molecule has 1 aromatic heterocycles. The quantitative estimate of drug-likeness (QED) is 0.806. The topological polar surface area (TPSA) is 64.0 Å². The number of aryl methyl sites for hydroxylation is 1. The third-order valence-corrected chi connectivity index (χ3v) is 3.39. The maximum Gasteiger partial charge on any atom is 0.253 e. The highest BCUT2D eigenvalue weighted by molar-refractivity contribution is 6.01. The fourth-order valence-electron chi connectivity index (χ4n) is 2.31. The van der Waals surface area contributed by atoms with Crippen LogP contribution in [0, 0.1) is 6.92 Å². The Balaban J connectivity index is 1.83. The summed E-state index contributed by atoms with van der Waals surface area (Å²) in [7, 11) is 0. The molecule has 5 heteroatoms. The minimum Gasteiger partial charge on any atom is -0.324 e. The number of benzene rings is 2. The van der Waals surface area contributed by atoms with Gasteiger partial charge < -0.3 is 5.32 Å². The Bertz CT molecular complexity index is 894. The van der Waals surface area contributed by atoms with Crippen LogP contribution in [0.2, 0.25) is 0 Å². The zero-order valence-corrected chi connectivity index (χ0v) is 12.1. The third kappa shape index (κ3) is 2.88. The van der Waals surface area contributed by atoms with E-state index in [-0.39, 0.29) is 18.0 Å². The Hall–Kier alpha value is -2.95. The Morgan fingerprint density at radius 2 is 1.95 bits per heavy atom. The number of nitrogens with zero attached hydrogens (tertiary/aromatic N) is 2. The lowest BCUT2D eigenvalue weighted by atomic mass is 10.1. The SMILES string of the molecule is Cc1cc(=O)n(CC(=O)Nc2cccc3ccccc23)cn1. The maximum atomic E-state index is 12.2. The van der Waals surface area contributed by atoms with Crippen molar-refractivity contribution in [3.63, 3.8) is 0 Å². The van der Waals surface area contributed by atoms with Gasteiger partial charge in [-0.05, 0) is 18.4 Å². The lowest BCUT2D eigenvalue weighted by molar-refractivity contribution is -0.116. The van der Waals surface area contributed by atoms with Crippen molar-refractivity contribution >= 4 is 22.4 Å². The van der Waals surface area contributed by atoms with Crippen LogP contribution in [0.25, 0.3) is 10.8 Å². The standard InChI is InChI=1S/C17H15N3O2/c1-12-9-17(22)20(11-18-12)10-16(21)19-15-8-4-6-13-5-2-3-7-14(13)15/h2-9,11H,10H2,1H3,(H,19,21). The van der Waals surface area contributed by atoms with E-state index in [4.69, 9.17) is 0 Å². The molecule has 0 bridgehead atoms. The van der Waals surface area contributed by atoms with Crippen LogP contribution >= 0.6 is 0 Å². The summed E-state index contributed by atoms with van der Waals surface area (Å²) in [6.45, 7) is 1.68. The molecule has 3 rings (SSSR count). The zero-order chi connectivity index (χ0) is 15.5. The van der Waals surface area contributed by atoms with Crippen molar-refractivity contribution in [3.05, 3.63) is 70.9 Å². The van der Waals surface area contributed by atoms with Crippen LogP contribution in [0.1, 0.15) is 5.69 Å². The van der Waals surface area contributed by atoms with Gasteiger partial charge in [0.25, 0.3) is 5.56 Å². The molecule has 0 spiro atoms. The van der Waals surface area contributed by atoms with E-state index in [0.29, 0.717) is 5.69 Å². The van der Waals surface area contributed by atoms with Crippen LogP contribution < -0.4 is 10.9 Å². The second kappa shape index (κ2) is 5.81. The molecule has 2 aromatic carbocycles. The maximum absolute atomic E-state index is 12.2. The molecule has 0 aliphatic heterocycles. The van der Waals surface area contributed by atoms with Gasteiger partial charge in [0.1, 0.15) is 6.54 Å². The van der Waals surface area contributed by atoms with Crippen molar-refractivity contribution in [1.82, 2.24) is 9.55 Å². The molecule has 0 fully saturated rings. The van der Waals surface area contributed by atoms with Gasteiger partial charge in [0.2, 0.25) is 5.91 Å². The number of amides is 1. The number of anilines is 1. The highest BCUT2D eigenvalue weighted by atomic mass is 16.2. The Morgan fingerprint density at radius 1 is 1.18 bits per heavy atom. The first kappa shape index (κ1) is 14.0. The first-order valence-electron chi connectivity index (χ1n) is 6.94. The van der Waals surface area contributed by atoms with E-state index in [9.17, 15) is 9.59 Å². The molecule has 0 saturated carbocycles. The van der Waals surface area contributed by atoms with Crippen molar-refractivity contribution in [1.29, 1.82) is 0 Å². The van der Waals surface area contributed by atoms with Gasteiger partial charge in [0.15, 0.2) is 0 Å². The molecule has 0 aliphatic rings. The molecular weight excluding hydrogens is 278 g/mol. The normalized spacial score (nSPS) is 10.6. The highest BCUT2D eigenvalue weighted by Crippen LogP contribution is 2.22. The Labute approximate surface area is 127 Å². The number of hydrogen-bond acceptors (Lipinski definition) is 3.